The average Bonchev–Trinajstić information content (AvgIpc) is 3.34. The van der Waals surface area contributed by atoms with Gasteiger partial charge in [0.2, 0.25) is 0 Å². The zero-order valence-corrected chi connectivity index (χ0v) is 15.2. The Hall–Kier alpha value is -2.64. The van der Waals surface area contributed by atoms with Crippen LogP contribution in [0.1, 0.15) is 23.8 Å². The second-order valence-electron chi connectivity index (χ2n) is 5.90. The van der Waals surface area contributed by atoms with Crippen molar-refractivity contribution >= 4 is 17.2 Å². The predicted molar refractivity (Wildman–Crippen MR) is 101 cm³/mol. The van der Waals surface area contributed by atoms with E-state index in [1.807, 2.05) is 35.7 Å². The van der Waals surface area contributed by atoms with E-state index in [-0.39, 0.29) is 5.91 Å². The minimum Gasteiger partial charge on any atom is -0.493 e. The number of nitrogens with zero attached hydrogens (tertiary/aromatic N) is 1. The molecule has 3 N–H and O–H groups in total. The van der Waals surface area contributed by atoms with Gasteiger partial charge in [0.15, 0.2) is 0 Å². The number of aliphatic hydroxyl groups excluding tert-OH is 1. The Morgan fingerprint density at radius 1 is 1.35 bits per heavy atom. The quantitative estimate of drug-likeness (QED) is 0.568. The van der Waals surface area contributed by atoms with Crippen molar-refractivity contribution in [2.24, 2.45) is 0 Å². The number of aromatic nitrogens is 2. The first-order valence-corrected chi connectivity index (χ1v) is 9.26. The number of nitrogens with one attached hydrogen (secondary N) is 2. The number of thiophene rings is 1. The van der Waals surface area contributed by atoms with Crippen LogP contribution in [0.3, 0.4) is 0 Å². The van der Waals surface area contributed by atoms with Crippen molar-refractivity contribution in [1.29, 1.82) is 0 Å². The molecule has 2 heterocycles. The van der Waals surface area contributed by atoms with Crippen LogP contribution in [0.15, 0.2) is 54.3 Å². The second kappa shape index (κ2) is 8.64. The highest BCUT2D eigenvalue weighted by Gasteiger charge is 2.19. The van der Waals surface area contributed by atoms with Gasteiger partial charge >= 0.3 is 0 Å². The molecular formula is C19H21N3O3S. The van der Waals surface area contributed by atoms with Crippen molar-refractivity contribution in [3.05, 3.63) is 60.0 Å². The lowest BCUT2D eigenvalue weighted by molar-refractivity contribution is 0.0827. The summed E-state index contributed by atoms with van der Waals surface area (Å²) in [6.45, 7) is 2.03. The van der Waals surface area contributed by atoms with Gasteiger partial charge in [-0.05, 0) is 30.5 Å². The highest BCUT2D eigenvalue weighted by molar-refractivity contribution is 7.13. The molecule has 26 heavy (non-hydrogen) atoms. The van der Waals surface area contributed by atoms with Crippen LogP contribution in [0.2, 0.25) is 0 Å². The highest BCUT2D eigenvalue weighted by Crippen LogP contribution is 2.33. The van der Waals surface area contributed by atoms with E-state index in [4.69, 9.17) is 4.74 Å². The molecule has 7 heteroatoms. The summed E-state index contributed by atoms with van der Waals surface area (Å²) in [5.74, 6) is 0.492. The number of hydrogen-bond donors (Lipinski definition) is 3. The molecule has 136 valence electrons. The number of amides is 1. The van der Waals surface area contributed by atoms with Gasteiger partial charge < -0.3 is 20.1 Å². The Morgan fingerprint density at radius 2 is 2.19 bits per heavy atom. The Balaban J connectivity index is 1.60. The van der Waals surface area contributed by atoms with Gasteiger partial charge in [0.1, 0.15) is 11.4 Å². The summed E-state index contributed by atoms with van der Waals surface area (Å²) >= 11 is 1.66. The molecule has 0 spiro atoms. The number of carbonyl (C=O) groups excluding carboxylic acids is 1. The van der Waals surface area contributed by atoms with E-state index in [9.17, 15) is 9.90 Å². The van der Waals surface area contributed by atoms with Crippen LogP contribution in [0.4, 0.5) is 0 Å². The number of rotatable bonds is 8. The SMILES string of the molecule is C[C@H](O)[C@@H](CCOc1ccccc1-c1cccs1)NC(=O)c1cnc[nH]1. The lowest BCUT2D eigenvalue weighted by atomic mass is 10.1. The number of imidazole rings is 1. The summed E-state index contributed by atoms with van der Waals surface area (Å²) in [6, 6.07) is 11.5. The summed E-state index contributed by atoms with van der Waals surface area (Å²) in [6.07, 6.45) is 2.67. The van der Waals surface area contributed by atoms with Crippen LogP contribution < -0.4 is 10.1 Å². The molecule has 1 aromatic carbocycles. The zero-order chi connectivity index (χ0) is 18.4. The molecule has 6 nitrogen and oxygen atoms in total. The minimum atomic E-state index is -0.696. The maximum atomic E-state index is 12.1. The highest BCUT2D eigenvalue weighted by atomic mass is 32.1. The third-order valence-electron chi connectivity index (χ3n) is 4.00. The van der Waals surface area contributed by atoms with Gasteiger partial charge in [-0.2, -0.15) is 0 Å². The largest absolute Gasteiger partial charge is 0.493 e. The number of aromatic amines is 1. The summed E-state index contributed by atoms with van der Waals surface area (Å²) in [5.41, 5.74) is 1.40. The molecule has 2 atom stereocenters. The van der Waals surface area contributed by atoms with Crippen molar-refractivity contribution in [2.75, 3.05) is 6.61 Å². The zero-order valence-electron chi connectivity index (χ0n) is 14.4. The van der Waals surface area contributed by atoms with Crippen LogP contribution in [0.25, 0.3) is 10.4 Å². The Bertz CT molecular complexity index is 816. The van der Waals surface area contributed by atoms with Crippen LogP contribution in [0.5, 0.6) is 5.75 Å². The summed E-state index contributed by atoms with van der Waals surface area (Å²) in [7, 11) is 0. The van der Waals surface area contributed by atoms with Gasteiger partial charge in [0.25, 0.3) is 5.91 Å². The Morgan fingerprint density at radius 3 is 2.88 bits per heavy atom. The van der Waals surface area contributed by atoms with Gasteiger partial charge in [0.05, 0.1) is 31.3 Å². The summed E-state index contributed by atoms with van der Waals surface area (Å²) in [5, 5.41) is 14.8. The van der Waals surface area contributed by atoms with Gasteiger partial charge in [-0.1, -0.05) is 18.2 Å². The standard InChI is InChI=1S/C19H21N3O3S/c1-13(23)15(22-19(24)16-11-20-12-21-16)8-9-25-17-6-3-2-5-14(17)18-7-4-10-26-18/h2-7,10-13,15,23H,8-9H2,1H3,(H,20,21)(H,22,24)/t13-,15+/m0/s1. The van der Waals surface area contributed by atoms with Crippen molar-refractivity contribution in [1.82, 2.24) is 15.3 Å². The minimum absolute atomic E-state index is 0.299. The number of carbonyl (C=O) groups is 1. The normalized spacial score (nSPS) is 13.2. The van der Waals surface area contributed by atoms with Crippen molar-refractivity contribution in [3.63, 3.8) is 0 Å². The third kappa shape index (κ3) is 4.50. The molecule has 1 amide bonds. The summed E-state index contributed by atoms with van der Waals surface area (Å²) < 4.78 is 5.94. The molecule has 0 saturated heterocycles. The molecule has 0 unspecified atom stereocenters. The maximum absolute atomic E-state index is 12.1. The molecular weight excluding hydrogens is 350 g/mol. The second-order valence-corrected chi connectivity index (χ2v) is 6.84. The number of para-hydroxylation sites is 1. The number of ether oxygens (including phenoxy) is 1. The number of H-pyrrole nitrogens is 1. The molecule has 0 aliphatic heterocycles. The molecule has 0 aliphatic carbocycles. The molecule has 0 aliphatic rings. The fourth-order valence-corrected chi connectivity index (χ4v) is 3.34. The van der Waals surface area contributed by atoms with Crippen LogP contribution in [-0.2, 0) is 0 Å². The molecule has 3 aromatic rings. The summed E-state index contributed by atoms with van der Waals surface area (Å²) in [4.78, 5) is 19.8. The van der Waals surface area contributed by atoms with E-state index in [0.717, 1.165) is 16.2 Å². The molecule has 0 radical (unpaired) electrons. The first kappa shape index (κ1) is 18.2. The number of hydrogen-bond acceptors (Lipinski definition) is 5. The van der Waals surface area contributed by atoms with Crippen LogP contribution in [-0.4, -0.2) is 39.7 Å². The average molecular weight is 371 g/mol. The maximum Gasteiger partial charge on any atom is 0.269 e. The van der Waals surface area contributed by atoms with Crippen molar-refractivity contribution in [2.45, 2.75) is 25.5 Å². The smallest absolute Gasteiger partial charge is 0.269 e. The first-order valence-electron chi connectivity index (χ1n) is 8.38. The molecule has 0 saturated carbocycles. The van der Waals surface area contributed by atoms with Crippen molar-refractivity contribution in [3.8, 4) is 16.2 Å². The Kier molecular flexibility index (Phi) is 6.04. The number of aliphatic hydroxyl groups is 1. The fourth-order valence-electron chi connectivity index (χ4n) is 2.58. The van der Waals surface area contributed by atoms with Gasteiger partial charge in [-0.25, -0.2) is 4.98 Å². The van der Waals surface area contributed by atoms with Gasteiger partial charge in [-0.3, -0.25) is 4.79 Å². The van der Waals surface area contributed by atoms with Gasteiger partial charge in [-0.15, -0.1) is 11.3 Å². The predicted octanol–water partition coefficient (Wildman–Crippen LogP) is 3.09. The van der Waals surface area contributed by atoms with Gasteiger partial charge in [0, 0.05) is 16.9 Å². The lowest BCUT2D eigenvalue weighted by Crippen LogP contribution is -2.43. The lowest BCUT2D eigenvalue weighted by Gasteiger charge is -2.21. The van der Waals surface area contributed by atoms with Crippen molar-refractivity contribution < 1.29 is 14.6 Å². The molecule has 0 fully saturated rings. The van der Waals surface area contributed by atoms with E-state index in [2.05, 4.69) is 21.4 Å². The van der Waals surface area contributed by atoms with E-state index >= 15 is 0 Å². The first-order chi connectivity index (χ1) is 12.6. The third-order valence-corrected chi connectivity index (χ3v) is 4.90. The van der Waals surface area contributed by atoms with E-state index in [0.29, 0.717) is 18.7 Å². The molecule has 3 rings (SSSR count). The van der Waals surface area contributed by atoms with E-state index < -0.39 is 12.1 Å². The fraction of sp³-hybridized carbons (Fsp3) is 0.263. The van der Waals surface area contributed by atoms with E-state index in [1.165, 1.54) is 12.5 Å². The van der Waals surface area contributed by atoms with Crippen LogP contribution in [0, 0.1) is 0 Å². The topological polar surface area (TPSA) is 87.2 Å². The molecule has 2 aromatic heterocycles. The van der Waals surface area contributed by atoms with E-state index in [1.54, 1.807) is 18.3 Å². The monoisotopic (exact) mass is 371 g/mol. The molecule has 0 bridgehead atoms. The Labute approximate surface area is 155 Å². The number of benzene rings is 1. The van der Waals surface area contributed by atoms with Crippen LogP contribution >= 0.6 is 11.3 Å².